The Kier molecular flexibility index (Phi) is 5.40. The monoisotopic (exact) mass is 604 g/mol. The number of ether oxygens (including phenoxy) is 1. The summed E-state index contributed by atoms with van der Waals surface area (Å²) in [6.07, 6.45) is 7.14. The summed E-state index contributed by atoms with van der Waals surface area (Å²) in [5, 5.41) is 14.8. The van der Waals surface area contributed by atoms with E-state index in [9.17, 15) is 13.9 Å². The molecule has 4 atom stereocenters. The molecule has 2 bridgehead atoms. The molecule has 4 aliphatic heterocycles. The Bertz CT molecular complexity index is 2040. The lowest BCUT2D eigenvalue weighted by Gasteiger charge is -2.34. The average molecular weight is 605 g/mol. The van der Waals surface area contributed by atoms with E-state index in [0.29, 0.717) is 18.5 Å². The number of terminal acetylenes is 1. The molecular formula is C33H31F3N6O2. The Hall–Kier alpha value is -4.14. The zero-order chi connectivity index (χ0) is 33.7. The lowest BCUT2D eigenvalue weighted by molar-refractivity contribution is 0.107. The Morgan fingerprint density at radius 1 is 1.20 bits per heavy atom. The number of hydrogen-bond donors (Lipinski definition) is 2. The maximum atomic E-state index is 16.9. The fraction of sp³-hybridized carbons (Fsp3) is 0.424. The van der Waals surface area contributed by atoms with E-state index < -0.39 is 42.4 Å². The van der Waals surface area contributed by atoms with Crippen LogP contribution < -0.4 is 15.0 Å². The minimum Gasteiger partial charge on any atom is -0.508 e. The smallest absolute Gasteiger partial charge is 0.319 e. The fourth-order valence-electron chi connectivity index (χ4n) is 7.27. The minimum atomic E-state index is -2.67. The van der Waals surface area contributed by atoms with Gasteiger partial charge in [-0.3, -0.25) is 9.88 Å². The van der Waals surface area contributed by atoms with Crippen molar-refractivity contribution in [3.63, 3.8) is 0 Å². The molecule has 2 aromatic heterocycles. The highest BCUT2D eigenvalue weighted by Gasteiger charge is 2.49. The van der Waals surface area contributed by atoms with E-state index in [0.717, 1.165) is 18.9 Å². The number of rotatable bonds is 5. The first kappa shape index (κ1) is 23.3. The number of phenolic OH excluding ortho intramolecular Hbond substituents is 1. The number of aromatic hydroxyl groups is 1. The van der Waals surface area contributed by atoms with Crippen LogP contribution in [-0.2, 0) is 0 Å². The van der Waals surface area contributed by atoms with Crippen molar-refractivity contribution in [1.29, 1.82) is 0 Å². The van der Waals surface area contributed by atoms with E-state index in [1.165, 1.54) is 29.3 Å². The lowest BCUT2D eigenvalue weighted by Crippen LogP contribution is -2.51. The third-order valence-corrected chi connectivity index (χ3v) is 9.24. The van der Waals surface area contributed by atoms with Gasteiger partial charge in [0.05, 0.1) is 19.2 Å². The first-order chi connectivity index (χ1) is 22.8. The van der Waals surface area contributed by atoms with Gasteiger partial charge in [0.15, 0.2) is 5.82 Å². The maximum Gasteiger partial charge on any atom is 0.319 e. The minimum absolute atomic E-state index is 0.00388. The van der Waals surface area contributed by atoms with E-state index in [1.54, 1.807) is 0 Å². The standard InChI is InChI=1S/C33H31F3N6O2/c1-2-23-26(35)7-4-18-10-22(43)11-24(27(18)23)29-28(36)30-25(13-37-29)31(41-15-20-5-6-21(16-41)38-20)40-32(39-30)44-17-33-8-3-9-42(33)14-19(34)12-33/h1,4,7,10-11,13,19-21,38,43H,3,5-6,8-9,12,14-17H2/t19-,20-,21+,33+/m1/s1/i9D2,17D2. The van der Waals surface area contributed by atoms with Crippen molar-refractivity contribution < 1.29 is 28.5 Å². The van der Waals surface area contributed by atoms with Crippen molar-refractivity contribution in [1.82, 2.24) is 25.2 Å². The Balaban J connectivity index is 1.31. The maximum absolute atomic E-state index is 16.9. The van der Waals surface area contributed by atoms with Crippen LogP contribution in [0.3, 0.4) is 0 Å². The van der Waals surface area contributed by atoms with Crippen LogP contribution >= 0.6 is 0 Å². The first-order valence-electron chi connectivity index (χ1n) is 16.7. The van der Waals surface area contributed by atoms with Gasteiger partial charge in [-0.1, -0.05) is 12.0 Å². The zero-order valence-corrected chi connectivity index (χ0v) is 23.6. The highest BCUT2D eigenvalue weighted by Crippen LogP contribution is 2.42. The van der Waals surface area contributed by atoms with Crippen LogP contribution in [0, 0.1) is 24.0 Å². The number of pyridine rings is 1. The molecule has 0 spiro atoms. The van der Waals surface area contributed by atoms with Crippen molar-refractivity contribution in [3.05, 3.63) is 47.7 Å². The number of benzene rings is 2. The summed E-state index contributed by atoms with van der Waals surface area (Å²) in [6, 6.07) is 5.00. The number of aromatic nitrogens is 3. The van der Waals surface area contributed by atoms with Crippen LogP contribution in [0.5, 0.6) is 11.8 Å². The molecule has 0 amide bonds. The van der Waals surface area contributed by atoms with Crippen molar-refractivity contribution in [2.75, 3.05) is 37.6 Å². The molecule has 11 heteroatoms. The summed E-state index contributed by atoms with van der Waals surface area (Å²) in [4.78, 5) is 16.5. The van der Waals surface area contributed by atoms with Gasteiger partial charge >= 0.3 is 6.01 Å². The topological polar surface area (TPSA) is 86.6 Å². The number of piperazine rings is 1. The molecule has 6 heterocycles. The molecule has 2 aromatic carbocycles. The second-order valence-electron chi connectivity index (χ2n) is 12.0. The van der Waals surface area contributed by atoms with Gasteiger partial charge in [0, 0.05) is 58.0 Å². The molecule has 44 heavy (non-hydrogen) atoms. The van der Waals surface area contributed by atoms with Crippen LogP contribution in [0.15, 0.2) is 30.5 Å². The van der Waals surface area contributed by atoms with E-state index >= 15 is 4.39 Å². The van der Waals surface area contributed by atoms with Gasteiger partial charge in [-0.05, 0) is 55.8 Å². The van der Waals surface area contributed by atoms with E-state index in [2.05, 4.69) is 26.2 Å². The number of nitrogens with one attached hydrogen (secondary N) is 1. The van der Waals surface area contributed by atoms with Crippen LogP contribution in [0.2, 0.25) is 0 Å². The van der Waals surface area contributed by atoms with Gasteiger partial charge in [0.2, 0.25) is 0 Å². The molecule has 8 rings (SSSR count). The van der Waals surface area contributed by atoms with Gasteiger partial charge in [0.25, 0.3) is 0 Å². The van der Waals surface area contributed by atoms with Gasteiger partial charge in [-0.15, -0.1) is 6.42 Å². The first-order valence-corrected chi connectivity index (χ1v) is 14.7. The molecule has 8 nitrogen and oxygen atoms in total. The number of anilines is 1. The van der Waals surface area contributed by atoms with Gasteiger partial charge in [-0.25, -0.2) is 13.2 Å². The second-order valence-corrected chi connectivity index (χ2v) is 12.0. The highest BCUT2D eigenvalue weighted by atomic mass is 19.1. The molecule has 4 fully saturated rings. The molecule has 226 valence electrons. The molecule has 0 unspecified atom stereocenters. The number of alkyl halides is 1. The molecule has 4 saturated heterocycles. The van der Waals surface area contributed by atoms with Crippen molar-refractivity contribution in [2.24, 2.45) is 0 Å². The largest absolute Gasteiger partial charge is 0.508 e. The van der Waals surface area contributed by atoms with Crippen molar-refractivity contribution in [2.45, 2.75) is 55.9 Å². The van der Waals surface area contributed by atoms with E-state index in [1.807, 2.05) is 4.90 Å². The van der Waals surface area contributed by atoms with E-state index in [-0.39, 0.29) is 82.6 Å². The third-order valence-electron chi connectivity index (χ3n) is 9.24. The fourth-order valence-corrected chi connectivity index (χ4v) is 7.27. The summed E-state index contributed by atoms with van der Waals surface area (Å²) < 4.78 is 87.3. The SMILES string of the molecule is [2H]C1([2H])CC[C@@]2(C([2H])([2H])Oc3nc(N4C[C@H]5CC[C@@H](C4)N5)c4cnc(-c5cc(O)cc6ccc(F)c(C#C)c56)c(F)c4n3)C[C@@H](F)CN12. The average Bonchev–Trinajstić information content (AvgIpc) is 3.66. The highest BCUT2D eigenvalue weighted by molar-refractivity contribution is 6.03. The molecule has 4 aromatic rings. The van der Waals surface area contributed by atoms with Gasteiger partial charge in [-0.2, -0.15) is 9.97 Å². The number of hydrogen-bond acceptors (Lipinski definition) is 8. The molecule has 0 radical (unpaired) electrons. The molecule has 4 aliphatic rings. The predicted octanol–water partition coefficient (Wildman–Crippen LogP) is 4.71. The second kappa shape index (κ2) is 10.2. The van der Waals surface area contributed by atoms with Crippen molar-refractivity contribution in [3.8, 4) is 35.4 Å². The Morgan fingerprint density at radius 3 is 2.82 bits per heavy atom. The Morgan fingerprint density at radius 2 is 2.02 bits per heavy atom. The van der Waals surface area contributed by atoms with Gasteiger partial charge < -0.3 is 20.1 Å². The quantitative estimate of drug-likeness (QED) is 0.317. The lowest BCUT2D eigenvalue weighted by atomic mass is 9.95. The molecule has 0 aliphatic carbocycles. The summed E-state index contributed by atoms with van der Waals surface area (Å²) >= 11 is 0. The summed E-state index contributed by atoms with van der Waals surface area (Å²) in [6.45, 7) is -3.84. The van der Waals surface area contributed by atoms with Crippen LogP contribution in [0.25, 0.3) is 32.9 Å². The molecule has 0 saturated carbocycles. The van der Waals surface area contributed by atoms with Crippen molar-refractivity contribution >= 4 is 27.5 Å². The normalized spacial score (nSPS) is 29.2. The number of nitrogens with zero attached hydrogens (tertiary/aromatic N) is 5. The van der Waals surface area contributed by atoms with Crippen LogP contribution in [0.4, 0.5) is 19.0 Å². The number of halogens is 3. The van der Waals surface area contributed by atoms with Crippen LogP contribution in [0.1, 0.15) is 43.2 Å². The summed E-state index contributed by atoms with van der Waals surface area (Å²) in [7, 11) is 0. The summed E-state index contributed by atoms with van der Waals surface area (Å²) in [5.41, 5.74) is -2.29. The third kappa shape index (κ3) is 4.34. The summed E-state index contributed by atoms with van der Waals surface area (Å²) in [5.74, 6) is 0.689. The predicted molar refractivity (Wildman–Crippen MR) is 160 cm³/mol. The van der Waals surface area contributed by atoms with Crippen LogP contribution in [-0.4, -0.2) is 81.4 Å². The Labute approximate surface area is 257 Å². The number of fused-ring (bicyclic) bond motifs is 5. The number of phenols is 1. The molecule has 2 N–H and O–H groups in total. The zero-order valence-electron chi connectivity index (χ0n) is 27.6. The van der Waals surface area contributed by atoms with Gasteiger partial charge in [0.1, 0.15) is 41.3 Å². The van der Waals surface area contributed by atoms with E-state index in [4.69, 9.17) is 16.6 Å². The molecular weight excluding hydrogens is 569 g/mol.